The predicted octanol–water partition coefficient (Wildman–Crippen LogP) is 5.36. The van der Waals surface area contributed by atoms with Crippen molar-refractivity contribution in [3.05, 3.63) is 82.0 Å². The summed E-state index contributed by atoms with van der Waals surface area (Å²) in [6.07, 6.45) is 1.30. The summed E-state index contributed by atoms with van der Waals surface area (Å²) in [5.41, 5.74) is -2.18. The zero-order chi connectivity index (χ0) is 34.6. The number of carbonyl (C=O) groups is 3. The van der Waals surface area contributed by atoms with Gasteiger partial charge in [0.25, 0.3) is 0 Å². The van der Waals surface area contributed by atoms with Crippen molar-refractivity contribution in [3.63, 3.8) is 0 Å². The van der Waals surface area contributed by atoms with Crippen molar-refractivity contribution in [2.75, 3.05) is 6.61 Å². The van der Waals surface area contributed by atoms with Crippen molar-refractivity contribution in [2.24, 2.45) is 22.7 Å². The van der Waals surface area contributed by atoms with Crippen molar-refractivity contribution < 1.29 is 42.9 Å². The Morgan fingerprint density at radius 1 is 1.02 bits per heavy atom. The SMILES string of the molecule is CC(=O)OC[C@]1(C)C2C[C@H](OC(=O)c3ccccc3C)[C@@]3(C)Oc4cc(-c5cccnc5)oc(=O)c4C(O)C3[C@@]2(C)CC[C@@H]1OC(C)=O. The molecule has 3 aromatic rings. The number of hydrogen-bond acceptors (Lipinski definition) is 11. The van der Waals surface area contributed by atoms with E-state index in [1.165, 1.54) is 13.8 Å². The van der Waals surface area contributed by atoms with Crippen molar-refractivity contribution in [1.29, 1.82) is 0 Å². The first kappa shape index (κ1) is 33.4. The van der Waals surface area contributed by atoms with E-state index in [9.17, 15) is 24.3 Å². The van der Waals surface area contributed by atoms with Gasteiger partial charge in [-0.05, 0) is 68.2 Å². The lowest BCUT2D eigenvalue weighted by Crippen LogP contribution is -2.71. The topological polar surface area (TPSA) is 151 Å². The van der Waals surface area contributed by atoms with Gasteiger partial charge < -0.3 is 28.5 Å². The molecule has 8 atom stereocenters. The largest absolute Gasteiger partial charge is 0.482 e. The second-order valence-electron chi connectivity index (χ2n) is 14.1. The summed E-state index contributed by atoms with van der Waals surface area (Å²) in [4.78, 5) is 56.0. The van der Waals surface area contributed by atoms with E-state index in [2.05, 4.69) is 4.98 Å². The van der Waals surface area contributed by atoms with Crippen molar-refractivity contribution in [2.45, 2.75) is 84.7 Å². The molecule has 2 aliphatic carbocycles. The van der Waals surface area contributed by atoms with E-state index < -0.39 is 70.1 Å². The van der Waals surface area contributed by atoms with Gasteiger partial charge >= 0.3 is 23.5 Å². The van der Waals surface area contributed by atoms with Gasteiger partial charge in [0.05, 0.1) is 11.7 Å². The standard InChI is InChI=1S/C37H41NO10/c1-20-10-7-8-12-24(20)33(42)47-29-17-27-35(4,14-13-28(45-22(3)40)36(27,5)19-44-21(2)39)32-31(41)30-26(48-37(29,32)6)16-25(46-34(30)43)23-11-9-15-38-18-23/h7-12,15-16,18,27-29,31-32,41H,13-14,17,19H2,1-6H3/t27?,28-,29-,31?,32?,35-,36+,37+/m0/s1. The van der Waals surface area contributed by atoms with Crippen LogP contribution in [0, 0.1) is 29.6 Å². The van der Waals surface area contributed by atoms with Gasteiger partial charge in [-0.15, -0.1) is 0 Å². The molecule has 0 amide bonds. The molecule has 6 rings (SSSR count). The van der Waals surface area contributed by atoms with Gasteiger partial charge in [0.15, 0.2) is 0 Å². The molecule has 1 N–H and O–H groups in total. The summed E-state index contributed by atoms with van der Waals surface area (Å²) in [6.45, 7) is 10.1. The lowest BCUT2D eigenvalue weighted by molar-refractivity contribution is -0.266. The molecule has 1 aromatic carbocycles. The van der Waals surface area contributed by atoms with Crippen LogP contribution in [0.2, 0.25) is 0 Å². The zero-order valence-corrected chi connectivity index (χ0v) is 28.0. The number of benzene rings is 1. The number of fused-ring (bicyclic) bond motifs is 4. The van der Waals surface area contributed by atoms with E-state index in [0.29, 0.717) is 24.0 Å². The number of carbonyl (C=O) groups excluding carboxylic acids is 3. The van der Waals surface area contributed by atoms with Gasteiger partial charge in [0, 0.05) is 49.2 Å². The van der Waals surface area contributed by atoms with E-state index in [1.807, 2.05) is 32.9 Å². The number of pyridine rings is 1. The Morgan fingerprint density at radius 2 is 1.77 bits per heavy atom. The quantitative estimate of drug-likeness (QED) is 0.269. The number of esters is 3. The summed E-state index contributed by atoms with van der Waals surface area (Å²) in [6, 6.07) is 12.1. The Labute approximate surface area is 278 Å². The van der Waals surface area contributed by atoms with E-state index in [0.717, 1.165) is 5.56 Å². The zero-order valence-electron chi connectivity index (χ0n) is 28.0. The van der Waals surface area contributed by atoms with Gasteiger partial charge in [0.1, 0.15) is 41.5 Å². The molecule has 0 radical (unpaired) electrons. The molecule has 0 spiro atoms. The summed E-state index contributed by atoms with van der Waals surface area (Å²) in [5, 5.41) is 12.3. The number of aliphatic hydroxyl groups is 1. The predicted molar refractivity (Wildman–Crippen MR) is 172 cm³/mol. The highest BCUT2D eigenvalue weighted by Crippen LogP contribution is 2.67. The lowest BCUT2D eigenvalue weighted by atomic mass is 9.42. The summed E-state index contributed by atoms with van der Waals surface area (Å²) in [7, 11) is 0. The van der Waals surface area contributed by atoms with Gasteiger partial charge in [-0.25, -0.2) is 9.59 Å². The number of hydrogen-bond donors (Lipinski definition) is 1. The molecular weight excluding hydrogens is 618 g/mol. The first-order valence-corrected chi connectivity index (χ1v) is 16.2. The number of aromatic nitrogens is 1. The normalized spacial score (nSPS) is 32.0. The third kappa shape index (κ3) is 5.47. The second-order valence-corrected chi connectivity index (χ2v) is 14.1. The molecule has 2 aromatic heterocycles. The highest BCUT2D eigenvalue weighted by molar-refractivity contribution is 5.91. The molecule has 0 saturated heterocycles. The number of aryl methyl sites for hydroxylation is 1. The van der Waals surface area contributed by atoms with Crippen LogP contribution >= 0.6 is 0 Å². The van der Waals surface area contributed by atoms with Crippen LogP contribution in [0.15, 0.2) is 64.1 Å². The highest BCUT2D eigenvalue weighted by Gasteiger charge is 2.71. The monoisotopic (exact) mass is 659 g/mol. The van der Waals surface area contributed by atoms with E-state index in [-0.39, 0.29) is 30.1 Å². The highest BCUT2D eigenvalue weighted by atomic mass is 16.6. The molecule has 11 heteroatoms. The van der Waals surface area contributed by atoms with Crippen LogP contribution in [-0.2, 0) is 23.8 Å². The molecule has 3 heterocycles. The number of nitrogens with zero attached hydrogens (tertiary/aromatic N) is 1. The average Bonchev–Trinajstić information content (AvgIpc) is 3.02. The molecule has 3 aliphatic rings. The molecule has 2 fully saturated rings. The molecule has 0 bridgehead atoms. The first-order chi connectivity index (χ1) is 22.7. The Morgan fingerprint density at radius 3 is 2.44 bits per heavy atom. The minimum atomic E-state index is -1.38. The van der Waals surface area contributed by atoms with E-state index in [4.69, 9.17) is 23.4 Å². The van der Waals surface area contributed by atoms with Crippen LogP contribution in [-0.4, -0.2) is 52.4 Å². The van der Waals surface area contributed by atoms with Crippen LogP contribution in [0.3, 0.4) is 0 Å². The molecule has 48 heavy (non-hydrogen) atoms. The number of ether oxygens (including phenoxy) is 4. The maximum atomic E-state index is 13.8. The lowest BCUT2D eigenvalue weighted by Gasteiger charge is -2.66. The van der Waals surface area contributed by atoms with E-state index in [1.54, 1.807) is 49.6 Å². The van der Waals surface area contributed by atoms with Crippen LogP contribution in [0.5, 0.6) is 5.75 Å². The van der Waals surface area contributed by atoms with Crippen molar-refractivity contribution in [3.8, 4) is 17.1 Å². The average molecular weight is 660 g/mol. The van der Waals surface area contributed by atoms with E-state index >= 15 is 0 Å². The number of aliphatic hydroxyl groups excluding tert-OH is 1. The Bertz CT molecular complexity index is 1800. The van der Waals surface area contributed by atoms with Crippen LogP contribution in [0.1, 0.15) is 81.5 Å². The van der Waals surface area contributed by atoms with Crippen LogP contribution in [0.4, 0.5) is 0 Å². The fourth-order valence-electron chi connectivity index (χ4n) is 8.83. The van der Waals surface area contributed by atoms with Gasteiger partial charge in [-0.3, -0.25) is 14.6 Å². The molecule has 11 nitrogen and oxygen atoms in total. The van der Waals surface area contributed by atoms with Gasteiger partial charge in [0.2, 0.25) is 0 Å². The fraction of sp³-hybridized carbons (Fsp3) is 0.486. The fourth-order valence-corrected chi connectivity index (χ4v) is 8.83. The molecule has 254 valence electrons. The first-order valence-electron chi connectivity index (χ1n) is 16.2. The maximum Gasteiger partial charge on any atom is 0.345 e. The Balaban J connectivity index is 1.51. The van der Waals surface area contributed by atoms with Gasteiger partial charge in [-0.1, -0.05) is 32.0 Å². The Hall–Kier alpha value is -4.51. The third-order valence-electron chi connectivity index (χ3n) is 11.0. The van der Waals surface area contributed by atoms with Crippen molar-refractivity contribution in [1.82, 2.24) is 4.98 Å². The molecule has 1 aliphatic heterocycles. The molecular formula is C37H41NO10. The second kappa shape index (κ2) is 12.2. The minimum absolute atomic E-state index is 0.0280. The smallest absolute Gasteiger partial charge is 0.345 e. The summed E-state index contributed by atoms with van der Waals surface area (Å²) >= 11 is 0. The third-order valence-corrected chi connectivity index (χ3v) is 11.0. The Kier molecular flexibility index (Phi) is 8.47. The van der Waals surface area contributed by atoms with Gasteiger partial charge in [-0.2, -0.15) is 0 Å². The number of rotatable bonds is 6. The minimum Gasteiger partial charge on any atom is -0.482 e. The van der Waals surface area contributed by atoms with Crippen LogP contribution in [0.25, 0.3) is 11.3 Å². The maximum absolute atomic E-state index is 13.8. The molecule has 3 unspecified atom stereocenters. The molecule has 2 saturated carbocycles. The summed E-state index contributed by atoms with van der Waals surface area (Å²) in [5.74, 6) is -2.42. The van der Waals surface area contributed by atoms with Crippen molar-refractivity contribution >= 4 is 17.9 Å². The van der Waals surface area contributed by atoms with Crippen LogP contribution < -0.4 is 10.4 Å². The summed E-state index contributed by atoms with van der Waals surface area (Å²) < 4.78 is 30.3.